The number of nitrogens with zero attached hydrogens (tertiary/aromatic N) is 3. The van der Waals surface area contributed by atoms with Crippen molar-refractivity contribution in [2.45, 2.75) is 45.2 Å². The molecule has 1 fully saturated rings. The molecule has 2 rings (SSSR count). The van der Waals surface area contributed by atoms with Gasteiger partial charge in [0.25, 0.3) is 0 Å². The fourth-order valence-corrected chi connectivity index (χ4v) is 1.62. The zero-order valence-corrected chi connectivity index (χ0v) is 12.3. The number of amides is 1. The first kappa shape index (κ1) is 14.8. The van der Waals surface area contributed by atoms with Crippen molar-refractivity contribution >= 4 is 23.5 Å². The molecule has 0 bridgehead atoms. The second kappa shape index (κ2) is 6.69. The molecule has 1 aliphatic rings. The maximum atomic E-state index is 11.8. The first-order chi connectivity index (χ1) is 9.58. The number of halogens is 1. The molecular weight excluding hydrogens is 282 g/mol. The van der Waals surface area contributed by atoms with E-state index < -0.39 is 6.04 Å². The molecule has 1 unspecified atom stereocenters. The molecule has 110 valence electrons. The molecule has 0 aromatic carbocycles. The molecule has 1 saturated carbocycles. The van der Waals surface area contributed by atoms with E-state index >= 15 is 0 Å². The molecule has 0 radical (unpaired) electrons. The first-order valence-corrected chi connectivity index (χ1v) is 7.07. The summed E-state index contributed by atoms with van der Waals surface area (Å²) in [4.78, 5) is 23.7. The maximum absolute atomic E-state index is 11.8. The minimum Gasteiger partial charge on any atom is -0.463 e. The van der Waals surface area contributed by atoms with E-state index in [1.807, 2.05) is 6.92 Å². The zero-order chi connectivity index (χ0) is 14.5. The van der Waals surface area contributed by atoms with E-state index in [2.05, 4.69) is 25.6 Å². The second-order valence-electron chi connectivity index (χ2n) is 4.71. The summed E-state index contributed by atoms with van der Waals surface area (Å²) in [5.41, 5.74) is 0. The number of hydrogen-bond acceptors (Lipinski definition) is 6. The van der Waals surface area contributed by atoms with Gasteiger partial charge in [-0.05, 0) is 37.8 Å². The van der Waals surface area contributed by atoms with E-state index in [-0.39, 0.29) is 23.1 Å². The Morgan fingerprint density at radius 3 is 2.85 bits per heavy atom. The smallest absolute Gasteiger partial charge is 0.322 e. The summed E-state index contributed by atoms with van der Waals surface area (Å²) in [5.74, 6) is 0.148. The summed E-state index contributed by atoms with van der Waals surface area (Å²) in [6.07, 6.45) is 2.93. The Morgan fingerprint density at radius 2 is 2.20 bits per heavy atom. The number of nitrogens with one attached hydrogen (secondary N) is 2. The molecule has 1 aromatic heterocycles. The molecule has 1 aliphatic carbocycles. The van der Waals surface area contributed by atoms with Crippen molar-refractivity contribution in [3.63, 3.8) is 0 Å². The van der Waals surface area contributed by atoms with Crippen LogP contribution < -0.4 is 15.4 Å². The summed E-state index contributed by atoms with van der Waals surface area (Å²) in [6.45, 7) is 4.21. The number of rotatable bonds is 7. The van der Waals surface area contributed by atoms with E-state index in [1.165, 1.54) is 0 Å². The topological polar surface area (TPSA) is 89.0 Å². The molecule has 0 aliphatic heterocycles. The Hall–Kier alpha value is -1.63. The van der Waals surface area contributed by atoms with Gasteiger partial charge in [-0.25, -0.2) is 0 Å². The van der Waals surface area contributed by atoms with Crippen LogP contribution in [-0.2, 0) is 4.79 Å². The molecule has 1 heterocycles. The molecule has 0 saturated heterocycles. The van der Waals surface area contributed by atoms with E-state index in [9.17, 15) is 4.79 Å². The lowest BCUT2D eigenvalue weighted by molar-refractivity contribution is -0.121. The lowest BCUT2D eigenvalue weighted by Gasteiger charge is -2.14. The van der Waals surface area contributed by atoms with Gasteiger partial charge in [0.1, 0.15) is 6.04 Å². The lowest BCUT2D eigenvalue weighted by Crippen LogP contribution is -2.39. The van der Waals surface area contributed by atoms with Crippen molar-refractivity contribution < 1.29 is 9.53 Å². The Morgan fingerprint density at radius 1 is 1.45 bits per heavy atom. The number of carbonyl (C=O) groups excluding carboxylic acids is 1. The minimum atomic E-state index is -0.451. The highest BCUT2D eigenvalue weighted by Crippen LogP contribution is 2.19. The van der Waals surface area contributed by atoms with Crippen molar-refractivity contribution in [2.75, 3.05) is 11.9 Å². The molecule has 20 heavy (non-hydrogen) atoms. The van der Waals surface area contributed by atoms with Crippen LogP contribution in [0.5, 0.6) is 6.01 Å². The molecule has 7 nitrogen and oxygen atoms in total. The predicted octanol–water partition coefficient (Wildman–Crippen LogP) is 1.39. The lowest BCUT2D eigenvalue weighted by atomic mass is 10.3. The van der Waals surface area contributed by atoms with E-state index in [0.29, 0.717) is 12.6 Å². The SMILES string of the molecule is CCCOc1nc(Cl)nc(NC(C)C(=O)NC2CC2)n1. The van der Waals surface area contributed by atoms with Crippen LogP contribution in [0.2, 0.25) is 5.28 Å². The minimum absolute atomic E-state index is 0.0309. The summed E-state index contributed by atoms with van der Waals surface area (Å²) in [5, 5.41) is 5.83. The molecule has 1 atom stereocenters. The Labute approximate surface area is 122 Å². The number of anilines is 1. The highest BCUT2D eigenvalue weighted by molar-refractivity contribution is 6.28. The third-order valence-electron chi connectivity index (χ3n) is 2.69. The molecule has 1 amide bonds. The van der Waals surface area contributed by atoms with Crippen LogP contribution in [0.3, 0.4) is 0 Å². The Kier molecular flexibility index (Phi) is 4.94. The highest BCUT2D eigenvalue weighted by Gasteiger charge is 2.26. The first-order valence-electron chi connectivity index (χ1n) is 6.69. The van der Waals surface area contributed by atoms with Crippen LogP contribution >= 0.6 is 11.6 Å². The van der Waals surface area contributed by atoms with Gasteiger partial charge in [0.15, 0.2) is 0 Å². The maximum Gasteiger partial charge on any atom is 0.322 e. The van der Waals surface area contributed by atoms with Gasteiger partial charge < -0.3 is 15.4 Å². The van der Waals surface area contributed by atoms with Gasteiger partial charge in [-0.15, -0.1) is 0 Å². The predicted molar refractivity (Wildman–Crippen MR) is 74.9 cm³/mol. The average molecular weight is 300 g/mol. The van der Waals surface area contributed by atoms with Crippen molar-refractivity contribution in [3.8, 4) is 6.01 Å². The van der Waals surface area contributed by atoms with Gasteiger partial charge in [0.2, 0.25) is 17.1 Å². The van der Waals surface area contributed by atoms with Crippen molar-refractivity contribution in [2.24, 2.45) is 0 Å². The standard InChI is InChI=1S/C12H18ClN5O2/c1-3-6-20-12-17-10(13)16-11(18-12)14-7(2)9(19)15-8-4-5-8/h7-8H,3-6H2,1-2H3,(H,15,19)(H,14,16,17,18). The fourth-order valence-electron chi connectivity index (χ4n) is 1.47. The van der Waals surface area contributed by atoms with Crippen molar-refractivity contribution in [1.29, 1.82) is 0 Å². The van der Waals surface area contributed by atoms with E-state index in [4.69, 9.17) is 16.3 Å². The molecule has 2 N–H and O–H groups in total. The quantitative estimate of drug-likeness (QED) is 0.791. The van der Waals surface area contributed by atoms with Gasteiger partial charge in [0.05, 0.1) is 6.61 Å². The largest absolute Gasteiger partial charge is 0.463 e. The summed E-state index contributed by atoms with van der Waals surface area (Å²) < 4.78 is 5.31. The van der Waals surface area contributed by atoms with Gasteiger partial charge in [-0.3, -0.25) is 4.79 Å². The normalized spacial score (nSPS) is 15.6. The molecule has 1 aromatic rings. The van der Waals surface area contributed by atoms with Gasteiger partial charge >= 0.3 is 6.01 Å². The molecule has 0 spiro atoms. The Bertz CT molecular complexity index is 481. The monoisotopic (exact) mass is 299 g/mol. The third kappa shape index (κ3) is 4.48. The highest BCUT2D eigenvalue weighted by atomic mass is 35.5. The van der Waals surface area contributed by atoms with Crippen LogP contribution in [0.4, 0.5) is 5.95 Å². The van der Waals surface area contributed by atoms with Gasteiger partial charge in [-0.2, -0.15) is 15.0 Å². The summed E-state index contributed by atoms with van der Waals surface area (Å²) in [7, 11) is 0. The van der Waals surface area contributed by atoms with E-state index in [0.717, 1.165) is 19.3 Å². The van der Waals surface area contributed by atoms with Crippen LogP contribution in [-0.4, -0.2) is 39.5 Å². The van der Waals surface area contributed by atoms with Crippen LogP contribution in [0.15, 0.2) is 0 Å². The van der Waals surface area contributed by atoms with Crippen LogP contribution in [0, 0.1) is 0 Å². The van der Waals surface area contributed by atoms with E-state index in [1.54, 1.807) is 6.92 Å². The number of aromatic nitrogens is 3. The Balaban J connectivity index is 1.96. The average Bonchev–Trinajstić information content (AvgIpc) is 3.19. The molecular formula is C12H18ClN5O2. The summed E-state index contributed by atoms with van der Waals surface area (Å²) >= 11 is 5.80. The molecule has 8 heteroatoms. The van der Waals surface area contributed by atoms with Crippen LogP contribution in [0.1, 0.15) is 33.1 Å². The zero-order valence-electron chi connectivity index (χ0n) is 11.5. The van der Waals surface area contributed by atoms with Gasteiger partial charge in [-0.1, -0.05) is 6.92 Å². The number of ether oxygens (including phenoxy) is 1. The van der Waals surface area contributed by atoms with Crippen molar-refractivity contribution in [1.82, 2.24) is 20.3 Å². The number of carbonyl (C=O) groups is 1. The second-order valence-corrected chi connectivity index (χ2v) is 5.05. The third-order valence-corrected chi connectivity index (χ3v) is 2.85. The van der Waals surface area contributed by atoms with Gasteiger partial charge in [0, 0.05) is 6.04 Å². The number of hydrogen-bond donors (Lipinski definition) is 2. The fraction of sp³-hybridized carbons (Fsp3) is 0.667. The van der Waals surface area contributed by atoms with Crippen molar-refractivity contribution in [3.05, 3.63) is 5.28 Å². The summed E-state index contributed by atoms with van der Waals surface area (Å²) in [6, 6.07) is 0.0226. The van der Waals surface area contributed by atoms with Crippen LogP contribution in [0.25, 0.3) is 0 Å².